The number of esters is 1. The number of aliphatic hydroxyl groups excluding tert-OH is 1. The van der Waals surface area contributed by atoms with Gasteiger partial charge in [0.25, 0.3) is 0 Å². The highest BCUT2D eigenvalue weighted by atomic mass is 127. The molecule has 0 aromatic heterocycles. The van der Waals surface area contributed by atoms with Gasteiger partial charge in [0, 0.05) is 6.92 Å². The minimum Gasteiger partial charge on any atom is -0.435 e. The van der Waals surface area contributed by atoms with Crippen LogP contribution < -0.4 is 0 Å². The average Bonchev–Trinajstić information content (AvgIpc) is 3.32. The Bertz CT molecular complexity index is 949. The monoisotopic (exact) mass is 760 g/mol. The molecule has 0 saturated heterocycles. The fraction of sp³-hybridized carbons (Fsp3) is 0.667. The van der Waals surface area contributed by atoms with E-state index in [9.17, 15) is 24.3 Å². The molecule has 2 rings (SSSR count). The van der Waals surface area contributed by atoms with E-state index in [1.54, 1.807) is 41.5 Å². The molecule has 0 spiro atoms. The molecule has 0 heterocycles. The highest BCUT2D eigenvalue weighted by molar-refractivity contribution is 14.1. The third-order valence-electron chi connectivity index (χ3n) is 5.80. The second-order valence-corrected chi connectivity index (χ2v) is 11.8. The number of hydrogen-bond donors (Lipinski definition) is 1. The van der Waals surface area contributed by atoms with Crippen molar-refractivity contribution < 1.29 is 57.4 Å². The van der Waals surface area contributed by atoms with Crippen LogP contribution in [0.3, 0.4) is 0 Å². The van der Waals surface area contributed by atoms with Gasteiger partial charge in [0.15, 0.2) is 9.67 Å². The fourth-order valence-corrected chi connectivity index (χ4v) is 4.06. The summed E-state index contributed by atoms with van der Waals surface area (Å²) in [6.45, 7) is 12.5. The molecule has 6 atom stereocenters. The van der Waals surface area contributed by atoms with Crippen LogP contribution in [0, 0.1) is 5.92 Å². The number of alkyl halides is 2. The van der Waals surface area contributed by atoms with Crippen LogP contribution in [0.1, 0.15) is 84.8 Å². The number of rotatable bonds is 11. The molecule has 0 aliphatic heterocycles. The van der Waals surface area contributed by atoms with Crippen LogP contribution in [0.5, 0.6) is 0 Å². The molecule has 44 heavy (non-hydrogen) atoms. The van der Waals surface area contributed by atoms with E-state index in [0.29, 0.717) is 19.1 Å². The third-order valence-corrected chi connectivity index (χ3v) is 6.14. The minimum atomic E-state index is -1.01. The molecule has 1 aliphatic carbocycles. The Morgan fingerprint density at radius 3 is 1.75 bits per heavy atom. The molecule has 14 heteroatoms. The summed E-state index contributed by atoms with van der Waals surface area (Å²) in [6, 6.07) is 7.78. The van der Waals surface area contributed by atoms with E-state index >= 15 is 0 Å². The Hall–Kier alpha value is -2.52. The van der Waals surface area contributed by atoms with E-state index in [4.69, 9.17) is 21.1 Å². The van der Waals surface area contributed by atoms with Crippen LogP contribution in [0.15, 0.2) is 24.3 Å². The first-order valence-electron chi connectivity index (χ1n) is 14.5. The van der Waals surface area contributed by atoms with Crippen LogP contribution in [-0.4, -0.2) is 71.4 Å². The van der Waals surface area contributed by atoms with Crippen LogP contribution in [0.25, 0.3) is 0 Å². The van der Waals surface area contributed by atoms with Gasteiger partial charge in [-0.15, -0.1) is 0 Å². The van der Waals surface area contributed by atoms with Gasteiger partial charge in [-0.1, -0.05) is 42.3 Å². The van der Waals surface area contributed by atoms with Gasteiger partial charge in [0.1, 0.15) is 0 Å². The number of carbonyl (C=O) groups is 4. The number of halogens is 2. The molecule has 1 fully saturated rings. The lowest BCUT2D eigenvalue weighted by molar-refractivity contribution is -0.169. The first kappa shape index (κ1) is 41.5. The number of benzene rings is 1. The van der Waals surface area contributed by atoms with Crippen LogP contribution in [-0.2, 0) is 44.4 Å². The van der Waals surface area contributed by atoms with Gasteiger partial charge in [-0.3, -0.25) is 4.79 Å². The Morgan fingerprint density at radius 1 is 0.818 bits per heavy atom. The summed E-state index contributed by atoms with van der Waals surface area (Å²) in [4.78, 5) is 44.2. The number of carbonyl (C=O) groups excluding carboxylic acids is 4. The number of ether oxygens (including phenoxy) is 7. The van der Waals surface area contributed by atoms with Crippen molar-refractivity contribution in [1.29, 1.82) is 0 Å². The summed E-state index contributed by atoms with van der Waals surface area (Å²) in [6.07, 6.45) is 0.487. The molecular weight excluding hydrogens is 715 g/mol. The third kappa shape index (κ3) is 19.7. The lowest BCUT2D eigenvalue weighted by Gasteiger charge is -2.18. The Morgan fingerprint density at radius 2 is 1.32 bits per heavy atom. The summed E-state index contributed by atoms with van der Waals surface area (Å²) >= 11 is 7.26. The summed E-state index contributed by atoms with van der Waals surface area (Å²) in [5.74, 6) is -0.626. The fourth-order valence-electron chi connectivity index (χ4n) is 3.78. The first-order valence-corrected chi connectivity index (χ1v) is 16.2. The SMILES string of the molecule is CCOC(=O)OC(C)Cl.CCOC(=O)OC(C)I.CCOC(=O)OC(C)OC(=O)[C@@H](C)c1ccc(C[C@H]2CCC[C@@H]2O)cc1. The first-order chi connectivity index (χ1) is 20.7. The summed E-state index contributed by atoms with van der Waals surface area (Å²) in [7, 11) is 0. The zero-order valence-corrected chi connectivity index (χ0v) is 29.3. The Balaban J connectivity index is 0.000000842. The maximum Gasteiger partial charge on any atom is 0.511 e. The van der Waals surface area contributed by atoms with Gasteiger partial charge in [0.05, 0.1) is 31.8 Å². The molecular formula is C30H46ClIO12. The molecule has 0 bridgehead atoms. The lowest BCUT2D eigenvalue weighted by atomic mass is 9.93. The maximum absolute atomic E-state index is 12.2. The quantitative estimate of drug-likeness (QED) is 0.0796. The molecule has 252 valence electrons. The standard InChI is InChI=1S/C20H28O6.C5H9ClO3.C5H9IO3/c1-4-24-20(23)26-14(3)25-19(22)13(2)16-10-8-15(9-11-16)12-17-6-5-7-18(17)21;2*1-3-8-5(7)9-4(2)6/h8-11,13-14,17-18,21H,4-7,12H2,1-3H3;2*4H,3H2,1-2H3/t13-,14?,17+,18-;;/m0../s1. The highest BCUT2D eigenvalue weighted by Crippen LogP contribution is 2.29. The van der Waals surface area contributed by atoms with E-state index in [2.05, 4.69) is 23.7 Å². The summed E-state index contributed by atoms with van der Waals surface area (Å²) < 4.78 is 32.4. The van der Waals surface area contributed by atoms with Crippen molar-refractivity contribution in [2.75, 3.05) is 19.8 Å². The van der Waals surface area contributed by atoms with Crippen molar-refractivity contribution >= 4 is 58.6 Å². The van der Waals surface area contributed by atoms with Crippen molar-refractivity contribution in [2.45, 2.75) is 102 Å². The molecule has 1 aromatic carbocycles. The topological polar surface area (TPSA) is 153 Å². The van der Waals surface area contributed by atoms with E-state index in [-0.39, 0.29) is 16.8 Å². The molecule has 1 aromatic rings. The van der Waals surface area contributed by atoms with E-state index in [1.165, 1.54) is 6.92 Å². The molecule has 1 saturated carbocycles. The second kappa shape index (κ2) is 23.8. The second-order valence-electron chi connectivity index (χ2n) is 9.42. The minimum absolute atomic E-state index is 0.123. The smallest absolute Gasteiger partial charge is 0.435 e. The van der Waals surface area contributed by atoms with E-state index < -0.39 is 42.2 Å². The maximum atomic E-state index is 12.2. The Labute approximate surface area is 278 Å². The number of aliphatic hydroxyl groups is 1. The number of hydrogen-bond acceptors (Lipinski definition) is 12. The molecule has 0 radical (unpaired) electrons. The zero-order valence-electron chi connectivity index (χ0n) is 26.4. The molecule has 1 N–H and O–H groups in total. The van der Waals surface area contributed by atoms with Crippen molar-refractivity contribution in [3.05, 3.63) is 35.4 Å². The van der Waals surface area contributed by atoms with Crippen molar-refractivity contribution in [1.82, 2.24) is 0 Å². The largest absolute Gasteiger partial charge is 0.511 e. The van der Waals surface area contributed by atoms with Crippen LogP contribution in [0.2, 0.25) is 0 Å². The van der Waals surface area contributed by atoms with Crippen molar-refractivity contribution in [3.8, 4) is 0 Å². The normalized spacial score (nSPS) is 17.9. The van der Waals surface area contributed by atoms with Gasteiger partial charge >= 0.3 is 24.4 Å². The highest BCUT2D eigenvalue weighted by Gasteiger charge is 2.26. The predicted molar refractivity (Wildman–Crippen MR) is 171 cm³/mol. The van der Waals surface area contributed by atoms with Crippen molar-refractivity contribution in [3.63, 3.8) is 0 Å². The van der Waals surface area contributed by atoms with Gasteiger partial charge in [-0.2, -0.15) is 0 Å². The van der Waals surface area contributed by atoms with E-state index in [0.717, 1.165) is 36.8 Å². The van der Waals surface area contributed by atoms with Gasteiger partial charge in [-0.25, -0.2) is 14.4 Å². The predicted octanol–water partition coefficient (Wildman–Crippen LogP) is 7.24. The van der Waals surface area contributed by atoms with Crippen LogP contribution >= 0.6 is 34.2 Å². The summed E-state index contributed by atoms with van der Waals surface area (Å²) in [5.41, 5.74) is 1.36. The molecule has 0 amide bonds. The van der Waals surface area contributed by atoms with Gasteiger partial charge in [0.2, 0.25) is 6.29 Å². The molecule has 3 unspecified atom stereocenters. The summed E-state index contributed by atoms with van der Waals surface area (Å²) in [5, 5.41) is 9.94. The van der Waals surface area contributed by atoms with E-state index in [1.807, 2.05) is 46.9 Å². The van der Waals surface area contributed by atoms with Gasteiger partial charge in [-0.05, 0) is 100 Å². The molecule has 12 nitrogen and oxygen atoms in total. The van der Waals surface area contributed by atoms with Crippen LogP contribution in [0.4, 0.5) is 14.4 Å². The lowest BCUT2D eigenvalue weighted by Crippen LogP contribution is -2.24. The zero-order chi connectivity index (χ0) is 33.7. The molecule has 1 aliphatic rings. The Kier molecular flexibility index (Phi) is 22.4. The van der Waals surface area contributed by atoms with Gasteiger partial charge < -0.3 is 38.3 Å². The average molecular weight is 761 g/mol. The van der Waals surface area contributed by atoms with Crippen molar-refractivity contribution in [2.24, 2.45) is 5.92 Å².